The molecule has 0 bridgehead atoms. The molecule has 4 aromatic rings. The molecule has 2 amide bonds. The van der Waals surface area contributed by atoms with Gasteiger partial charge in [0.1, 0.15) is 0 Å². The van der Waals surface area contributed by atoms with Gasteiger partial charge in [0.15, 0.2) is 0 Å². The molecule has 164 valence electrons. The van der Waals surface area contributed by atoms with Crippen LogP contribution in [0, 0.1) is 0 Å². The Bertz CT molecular complexity index is 1300. The number of hydrogen-bond acceptors (Lipinski definition) is 4. The highest BCUT2D eigenvalue weighted by atomic mass is 16.2. The smallest absolute Gasteiger partial charge is 0.256 e. The highest BCUT2D eigenvalue weighted by Gasteiger charge is 2.18. The Morgan fingerprint density at radius 1 is 0.848 bits per heavy atom. The van der Waals surface area contributed by atoms with E-state index in [1.54, 1.807) is 42.7 Å². The van der Waals surface area contributed by atoms with Crippen LogP contribution in [0.1, 0.15) is 40.0 Å². The van der Waals surface area contributed by atoms with Crippen LogP contribution in [0.2, 0.25) is 0 Å². The maximum absolute atomic E-state index is 13.3. The number of fused-ring (bicyclic) bond motifs is 1. The van der Waals surface area contributed by atoms with Gasteiger partial charge in [-0.15, -0.1) is 0 Å². The number of anilines is 1. The first kappa shape index (κ1) is 20.8. The predicted octanol–water partition coefficient (Wildman–Crippen LogP) is 5.18. The molecule has 3 heterocycles. The summed E-state index contributed by atoms with van der Waals surface area (Å²) in [6, 6.07) is 20.3. The van der Waals surface area contributed by atoms with Crippen molar-refractivity contribution in [1.29, 1.82) is 0 Å². The lowest BCUT2D eigenvalue weighted by Gasteiger charge is -2.26. The van der Waals surface area contributed by atoms with Crippen LogP contribution >= 0.6 is 0 Å². The Hall–Kier alpha value is -4.06. The fraction of sp³-hybridized carbons (Fsp3) is 0.185. The summed E-state index contributed by atoms with van der Waals surface area (Å²) in [6.07, 6.45) is 6.71. The molecular formula is C27H24N4O2. The summed E-state index contributed by atoms with van der Waals surface area (Å²) in [5.41, 5.74) is 4.18. The minimum atomic E-state index is -0.223. The number of likely N-dealkylation sites (tertiary alicyclic amines) is 1. The highest BCUT2D eigenvalue weighted by molar-refractivity contribution is 6.13. The van der Waals surface area contributed by atoms with Gasteiger partial charge in [0.05, 0.1) is 16.8 Å². The number of benzene rings is 2. The van der Waals surface area contributed by atoms with E-state index in [9.17, 15) is 9.59 Å². The minimum Gasteiger partial charge on any atom is -0.339 e. The normalized spacial score (nSPS) is 13.6. The van der Waals surface area contributed by atoms with Gasteiger partial charge in [0.25, 0.3) is 11.8 Å². The Balaban J connectivity index is 1.40. The van der Waals surface area contributed by atoms with Crippen LogP contribution < -0.4 is 5.32 Å². The minimum absolute atomic E-state index is 0.0506. The van der Waals surface area contributed by atoms with Gasteiger partial charge >= 0.3 is 0 Å². The quantitative estimate of drug-likeness (QED) is 0.479. The van der Waals surface area contributed by atoms with Crippen molar-refractivity contribution in [3.63, 3.8) is 0 Å². The van der Waals surface area contributed by atoms with Crippen molar-refractivity contribution in [3.8, 4) is 11.3 Å². The summed E-state index contributed by atoms with van der Waals surface area (Å²) in [7, 11) is 0. The molecule has 33 heavy (non-hydrogen) atoms. The van der Waals surface area contributed by atoms with E-state index in [1.807, 2.05) is 41.3 Å². The van der Waals surface area contributed by atoms with E-state index in [0.717, 1.165) is 42.4 Å². The van der Waals surface area contributed by atoms with Crippen LogP contribution in [0.3, 0.4) is 0 Å². The van der Waals surface area contributed by atoms with E-state index < -0.39 is 0 Å². The molecule has 0 aliphatic carbocycles. The third-order valence-corrected chi connectivity index (χ3v) is 5.97. The molecule has 0 saturated carbocycles. The Morgan fingerprint density at radius 3 is 2.33 bits per heavy atom. The SMILES string of the molecule is O=C(Nc1ccc(C(=O)N2CCCCC2)cc1)c1cc(-c2ccncc2)nc2ccccc12. The summed E-state index contributed by atoms with van der Waals surface area (Å²) in [5.74, 6) is -0.172. The number of para-hydroxylation sites is 1. The van der Waals surface area contributed by atoms with E-state index in [0.29, 0.717) is 22.5 Å². The zero-order valence-electron chi connectivity index (χ0n) is 18.2. The van der Waals surface area contributed by atoms with Gasteiger partial charge in [-0.3, -0.25) is 14.6 Å². The number of hydrogen-bond donors (Lipinski definition) is 1. The number of carbonyl (C=O) groups is 2. The number of carbonyl (C=O) groups excluding carboxylic acids is 2. The third kappa shape index (κ3) is 4.46. The van der Waals surface area contributed by atoms with Crippen LogP contribution in [0.4, 0.5) is 5.69 Å². The van der Waals surface area contributed by atoms with Crippen molar-refractivity contribution in [3.05, 3.63) is 90.3 Å². The number of pyridine rings is 2. The first-order chi connectivity index (χ1) is 16.2. The molecule has 0 spiro atoms. The largest absolute Gasteiger partial charge is 0.339 e. The monoisotopic (exact) mass is 436 g/mol. The molecule has 2 aromatic heterocycles. The molecule has 1 saturated heterocycles. The average Bonchev–Trinajstić information content (AvgIpc) is 2.89. The zero-order chi connectivity index (χ0) is 22.6. The van der Waals surface area contributed by atoms with Gasteiger partial charge < -0.3 is 10.2 Å². The van der Waals surface area contributed by atoms with Crippen molar-refractivity contribution in [2.75, 3.05) is 18.4 Å². The van der Waals surface area contributed by atoms with E-state index in [4.69, 9.17) is 4.98 Å². The first-order valence-corrected chi connectivity index (χ1v) is 11.2. The maximum atomic E-state index is 13.3. The standard InChI is InChI=1S/C27H24N4O2/c32-26(29-21-10-8-20(9-11-21)27(33)31-16-4-1-5-17-31)23-18-25(19-12-14-28-15-13-19)30-24-7-3-2-6-22(23)24/h2-3,6-15,18H,1,4-5,16-17H2,(H,29,32). The fourth-order valence-corrected chi connectivity index (χ4v) is 4.21. The molecule has 0 radical (unpaired) electrons. The van der Waals surface area contributed by atoms with Gasteiger partial charge in [-0.25, -0.2) is 4.98 Å². The van der Waals surface area contributed by atoms with E-state index in [2.05, 4.69) is 10.3 Å². The molecule has 1 aliphatic heterocycles. The van der Waals surface area contributed by atoms with Gasteiger partial charge in [0.2, 0.25) is 0 Å². The number of nitrogens with zero attached hydrogens (tertiary/aromatic N) is 3. The molecule has 2 aromatic carbocycles. The van der Waals surface area contributed by atoms with Crippen LogP contribution in [0.15, 0.2) is 79.1 Å². The van der Waals surface area contributed by atoms with E-state index in [1.165, 1.54) is 6.42 Å². The zero-order valence-corrected chi connectivity index (χ0v) is 18.2. The number of aromatic nitrogens is 2. The maximum Gasteiger partial charge on any atom is 0.256 e. The topological polar surface area (TPSA) is 75.2 Å². The van der Waals surface area contributed by atoms with Crippen molar-refractivity contribution >= 4 is 28.4 Å². The van der Waals surface area contributed by atoms with Gasteiger partial charge in [-0.2, -0.15) is 0 Å². The number of rotatable bonds is 4. The van der Waals surface area contributed by atoms with Gasteiger partial charge in [-0.05, 0) is 67.8 Å². The second-order valence-electron chi connectivity index (χ2n) is 8.19. The fourth-order valence-electron chi connectivity index (χ4n) is 4.21. The van der Waals surface area contributed by atoms with E-state index in [-0.39, 0.29) is 11.8 Å². The number of nitrogens with one attached hydrogen (secondary N) is 1. The Kier molecular flexibility index (Phi) is 5.81. The number of piperidine rings is 1. The lowest BCUT2D eigenvalue weighted by Crippen LogP contribution is -2.35. The molecule has 1 aliphatic rings. The summed E-state index contributed by atoms with van der Waals surface area (Å²) in [6.45, 7) is 1.62. The molecule has 0 atom stereocenters. The lowest BCUT2D eigenvalue weighted by molar-refractivity contribution is 0.0724. The Labute approximate surface area is 192 Å². The molecule has 6 heteroatoms. The van der Waals surface area contributed by atoms with E-state index >= 15 is 0 Å². The second-order valence-corrected chi connectivity index (χ2v) is 8.19. The van der Waals surface area contributed by atoms with Crippen molar-refractivity contribution < 1.29 is 9.59 Å². The molecule has 5 rings (SSSR count). The van der Waals surface area contributed by atoms with Gasteiger partial charge in [-0.1, -0.05) is 18.2 Å². The Morgan fingerprint density at radius 2 is 1.58 bits per heavy atom. The molecule has 1 fully saturated rings. The third-order valence-electron chi connectivity index (χ3n) is 5.97. The van der Waals surface area contributed by atoms with Crippen molar-refractivity contribution in [2.24, 2.45) is 0 Å². The molecular weight excluding hydrogens is 412 g/mol. The van der Waals surface area contributed by atoms with Crippen LogP contribution in [-0.4, -0.2) is 39.8 Å². The predicted molar refractivity (Wildman–Crippen MR) is 129 cm³/mol. The van der Waals surface area contributed by atoms with Crippen LogP contribution in [-0.2, 0) is 0 Å². The van der Waals surface area contributed by atoms with Crippen molar-refractivity contribution in [2.45, 2.75) is 19.3 Å². The summed E-state index contributed by atoms with van der Waals surface area (Å²) < 4.78 is 0. The highest BCUT2D eigenvalue weighted by Crippen LogP contribution is 2.25. The molecule has 0 unspecified atom stereocenters. The van der Waals surface area contributed by atoms with Crippen molar-refractivity contribution in [1.82, 2.24) is 14.9 Å². The lowest BCUT2D eigenvalue weighted by atomic mass is 10.0. The number of amides is 2. The van der Waals surface area contributed by atoms with Gasteiger partial charge in [0, 0.05) is 47.7 Å². The summed E-state index contributed by atoms with van der Waals surface area (Å²) >= 11 is 0. The van der Waals surface area contributed by atoms with Crippen LogP contribution in [0.25, 0.3) is 22.2 Å². The average molecular weight is 437 g/mol. The summed E-state index contributed by atoms with van der Waals surface area (Å²) in [4.78, 5) is 36.6. The van der Waals surface area contributed by atoms with Crippen LogP contribution in [0.5, 0.6) is 0 Å². The molecule has 1 N–H and O–H groups in total. The second kappa shape index (κ2) is 9.20. The first-order valence-electron chi connectivity index (χ1n) is 11.2. The summed E-state index contributed by atoms with van der Waals surface area (Å²) in [5, 5.41) is 3.75. The molecule has 6 nitrogen and oxygen atoms in total.